The summed E-state index contributed by atoms with van der Waals surface area (Å²) in [6, 6.07) is 14.5. The summed E-state index contributed by atoms with van der Waals surface area (Å²) in [5.74, 6) is 0. The van der Waals surface area contributed by atoms with Gasteiger partial charge in [-0.05, 0) is 54.7 Å². The van der Waals surface area contributed by atoms with Gasteiger partial charge in [-0.2, -0.15) is 0 Å². The van der Waals surface area contributed by atoms with Crippen molar-refractivity contribution in [1.82, 2.24) is 10.2 Å². The van der Waals surface area contributed by atoms with Gasteiger partial charge in [0.2, 0.25) is 0 Å². The van der Waals surface area contributed by atoms with Crippen molar-refractivity contribution in [1.29, 1.82) is 0 Å². The van der Waals surface area contributed by atoms with E-state index in [2.05, 4.69) is 41.4 Å². The number of hydrogen-bond donors (Lipinski definition) is 1. The van der Waals surface area contributed by atoms with Crippen LogP contribution in [0, 0.1) is 0 Å². The number of fused-ring (bicyclic) bond motifs is 1. The molecule has 0 spiro atoms. The molecule has 4 rings (SSSR count). The first-order valence-corrected chi connectivity index (χ1v) is 10.4. The zero-order chi connectivity index (χ0) is 18.9. The molecule has 1 atom stereocenters. The molecule has 2 aromatic carbocycles. The first-order valence-electron chi connectivity index (χ1n) is 9.66. The van der Waals surface area contributed by atoms with Gasteiger partial charge in [-0.3, -0.25) is 4.90 Å². The van der Waals surface area contributed by atoms with Crippen LogP contribution in [-0.4, -0.2) is 43.2 Å². The lowest BCUT2D eigenvalue weighted by atomic mass is 9.93. The first-order chi connectivity index (χ1) is 13.1. The molecule has 1 aliphatic heterocycles. The van der Waals surface area contributed by atoms with Gasteiger partial charge in [-0.25, -0.2) is 0 Å². The Morgan fingerprint density at radius 1 is 1.04 bits per heavy atom. The van der Waals surface area contributed by atoms with Gasteiger partial charge in [0.25, 0.3) is 0 Å². The fraction of sp³-hybridized carbons (Fsp3) is 0.455. The lowest BCUT2D eigenvalue weighted by molar-refractivity contribution is -0.0379. The van der Waals surface area contributed by atoms with Gasteiger partial charge in [0, 0.05) is 36.2 Å². The highest BCUT2D eigenvalue weighted by molar-refractivity contribution is 6.34. The predicted octanol–water partition coefficient (Wildman–Crippen LogP) is 4.51. The quantitative estimate of drug-likeness (QED) is 0.792. The van der Waals surface area contributed by atoms with Crippen LogP contribution in [0.3, 0.4) is 0 Å². The summed E-state index contributed by atoms with van der Waals surface area (Å²) in [5, 5.41) is 4.77. The summed E-state index contributed by atoms with van der Waals surface area (Å²) < 4.78 is 6.43. The second-order valence-electron chi connectivity index (χ2n) is 7.74. The van der Waals surface area contributed by atoms with Crippen LogP contribution in [-0.2, 0) is 17.6 Å². The summed E-state index contributed by atoms with van der Waals surface area (Å²) in [6.45, 7) is 6.99. The van der Waals surface area contributed by atoms with Gasteiger partial charge < -0.3 is 10.1 Å². The Balaban J connectivity index is 1.53. The predicted molar refractivity (Wildman–Crippen MR) is 112 cm³/mol. The van der Waals surface area contributed by atoms with E-state index in [1.165, 1.54) is 11.1 Å². The van der Waals surface area contributed by atoms with Gasteiger partial charge in [0.1, 0.15) is 0 Å². The highest BCUT2D eigenvalue weighted by Crippen LogP contribution is 2.36. The molecule has 5 heteroatoms. The van der Waals surface area contributed by atoms with Crippen LogP contribution in [0.25, 0.3) is 0 Å². The number of hydrogen-bond acceptors (Lipinski definition) is 3. The molecule has 3 nitrogen and oxygen atoms in total. The van der Waals surface area contributed by atoms with Crippen LogP contribution in [0.15, 0.2) is 42.5 Å². The third-order valence-corrected chi connectivity index (χ3v) is 6.34. The fourth-order valence-electron chi connectivity index (χ4n) is 4.42. The monoisotopic (exact) mass is 404 g/mol. The zero-order valence-electron chi connectivity index (χ0n) is 15.7. The number of nitrogens with zero attached hydrogens (tertiary/aromatic N) is 1. The molecule has 2 aromatic rings. The Bertz CT molecular complexity index is 759. The third-order valence-electron chi connectivity index (χ3n) is 5.90. The van der Waals surface area contributed by atoms with Crippen LogP contribution in [0.4, 0.5) is 0 Å². The smallest absolute Gasteiger partial charge is 0.0798 e. The molecule has 0 saturated carbocycles. The molecule has 0 aromatic heterocycles. The highest BCUT2D eigenvalue weighted by Gasteiger charge is 2.43. The molecule has 1 fully saturated rings. The number of halogens is 2. The molecule has 0 bridgehead atoms. The van der Waals surface area contributed by atoms with Crippen LogP contribution in [0.5, 0.6) is 0 Å². The van der Waals surface area contributed by atoms with E-state index in [-0.39, 0.29) is 11.6 Å². The van der Waals surface area contributed by atoms with Crippen molar-refractivity contribution in [2.45, 2.75) is 31.4 Å². The second-order valence-corrected chi connectivity index (χ2v) is 8.61. The number of nitrogens with one attached hydrogen (secondary N) is 1. The van der Waals surface area contributed by atoms with Crippen molar-refractivity contribution in [3.8, 4) is 0 Å². The molecule has 1 heterocycles. The maximum absolute atomic E-state index is 6.43. The highest BCUT2D eigenvalue weighted by atomic mass is 35.5. The van der Waals surface area contributed by atoms with Gasteiger partial charge in [-0.1, -0.05) is 47.5 Å². The minimum atomic E-state index is -0.0512. The topological polar surface area (TPSA) is 24.5 Å². The van der Waals surface area contributed by atoms with Crippen molar-refractivity contribution >= 4 is 23.2 Å². The number of piperazine rings is 1. The molecule has 0 radical (unpaired) electrons. The second kappa shape index (κ2) is 8.10. The largest absolute Gasteiger partial charge is 0.372 e. The average Bonchev–Trinajstić information content (AvgIpc) is 3.06. The standard InChI is InChI=1S/C22H26Cl2N2O/c1-16(19-10-20(23)12-21(24)11-19)27-15-22(26-8-6-25-7-9-26)13-17-4-2-3-5-18(17)14-22/h2-5,10-12,16,25H,6-9,13-15H2,1H3. The SMILES string of the molecule is CC(OCC1(N2CCNCC2)Cc2ccccc2C1)c1cc(Cl)cc(Cl)c1. The molecule has 0 amide bonds. The number of rotatable bonds is 5. The van der Waals surface area contributed by atoms with Gasteiger partial charge in [0.05, 0.1) is 18.2 Å². The lowest BCUT2D eigenvalue weighted by Gasteiger charge is -2.44. The molecular weight excluding hydrogens is 379 g/mol. The molecular formula is C22H26Cl2N2O. The molecule has 27 heavy (non-hydrogen) atoms. The molecule has 1 unspecified atom stereocenters. The Morgan fingerprint density at radius 2 is 1.63 bits per heavy atom. The fourth-order valence-corrected chi connectivity index (χ4v) is 4.96. The molecule has 1 N–H and O–H groups in total. The van der Waals surface area contributed by atoms with Crippen molar-refractivity contribution in [3.05, 3.63) is 69.2 Å². The van der Waals surface area contributed by atoms with E-state index in [0.29, 0.717) is 16.7 Å². The normalized spacial score (nSPS) is 20.4. The van der Waals surface area contributed by atoms with Crippen LogP contribution >= 0.6 is 23.2 Å². The third kappa shape index (κ3) is 4.18. The molecule has 144 valence electrons. The molecule has 1 saturated heterocycles. The minimum absolute atomic E-state index is 0.0302. The molecule has 2 aliphatic rings. The van der Waals surface area contributed by atoms with Crippen LogP contribution in [0.2, 0.25) is 10.0 Å². The maximum Gasteiger partial charge on any atom is 0.0798 e. The van der Waals surface area contributed by atoms with Crippen molar-refractivity contribution in [2.75, 3.05) is 32.8 Å². The Labute approximate surface area is 171 Å². The molecule has 1 aliphatic carbocycles. The van der Waals surface area contributed by atoms with E-state index in [9.17, 15) is 0 Å². The van der Waals surface area contributed by atoms with Crippen molar-refractivity contribution < 1.29 is 4.74 Å². The van der Waals surface area contributed by atoms with E-state index >= 15 is 0 Å². The van der Waals surface area contributed by atoms with Gasteiger partial charge >= 0.3 is 0 Å². The van der Waals surface area contributed by atoms with Crippen molar-refractivity contribution in [2.24, 2.45) is 0 Å². The first kappa shape index (κ1) is 19.2. The summed E-state index contributed by atoms with van der Waals surface area (Å²) >= 11 is 12.4. The summed E-state index contributed by atoms with van der Waals surface area (Å²) in [4.78, 5) is 2.63. The van der Waals surface area contributed by atoms with E-state index in [1.54, 1.807) is 6.07 Å². The number of benzene rings is 2. The summed E-state index contributed by atoms with van der Waals surface area (Å²) in [5.41, 5.74) is 3.97. The van der Waals surface area contributed by atoms with Crippen LogP contribution < -0.4 is 5.32 Å². The van der Waals surface area contributed by atoms with Crippen molar-refractivity contribution in [3.63, 3.8) is 0 Å². The summed E-state index contributed by atoms with van der Waals surface area (Å²) in [7, 11) is 0. The average molecular weight is 405 g/mol. The lowest BCUT2D eigenvalue weighted by Crippen LogP contribution is -2.59. The van der Waals surface area contributed by atoms with Gasteiger partial charge in [0.15, 0.2) is 0 Å². The minimum Gasteiger partial charge on any atom is -0.372 e. The van der Waals surface area contributed by atoms with E-state index in [1.807, 2.05) is 12.1 Å². The zero-order valence-corrected chi connectivity index (χ0v) is 17.2. The Hall–Kier alpha value is -1.10. The van der Waals surface area contributed by atoms with E-state index in [0.717, 1.165) is 44.6 Å². The van der Waals surface area contributed by atoms with E-state index in [4.69, 9.17) is 27.9 Å². The summed E-state index contributed by atoms with van der Waals surface area (Å²) in [6.07, 6.45) is 2.04. The van der Waals surface area contributed by atoms with Gasteiger partial charge in [-0.15, -0.1) is 0 Å². The van der Waals surface area contributed by atoms with E-state index < -0.39 is 0 Å². The van der Waals surface area contributed by atoms with Crippen LogP contribution in [0.1, 0.15) is 29.7 Å². The Kier molecular flexibility index (Phi) is 5.77. The Morgan fingerprint density at radius 3 is 2.22 bits per heavy atom. The number of ether oxygens (including phenoxy) is 1. The maximum atomic E-state index is 6.43.